The van der Waals surface area contributed by atoms with Crippen LogP contribution in [0.15, 0.2) is 85.5 Å². The maximum absolute atomic E-state index is 4.52. The zero-order chi connectivity index (χ0) is 16.2. The molecular weight excluding hydrogens is 296 g/mol. The Hall–Kier alpha value is -3.40. The highest BCUT2D eigenvalue weighted by atomic mass is 15.1. The predicted molar refractivity (Wildman–Crippen MR) is 93.9 cm³/mol. The zero-order valence-corrected chi connectivity index (χ0v) is 12.9. The zero-order valence-electron chi connectivity index (χ0n) is 12.9. The minimum atomic E-state index is 0.749. The summed E-state index contributed by atoms with van der Waals surface area (Å²) in [6, 6.07) is 22.5. The van der Waals surface area contributed by atoms with Crippen LogP contribution in [0.5, 0.6) is 0 Å². The van der Waals surface area contributed by atoms with E-state index in [1.54, 1.807) is 6.20 Å². The second-order valence-corrected chi connectivity index (χ2v) is 5.37. The molecule has 4 heteroatoms. The van der Waals surface area contributed by atoms with Crippen molar-refractivity contribution in [1.29, 1.82) is 0 Å². The van der Waals surface area contributed by atoms with E-state index >= 15 is 0 Å². The topological polar surface area (TPSA) is 51.6 Å². The summed E-state index contributed by atoms with van der Waals surface area (Å²) in [5, 5.41) is 7.96. The Balaban J connectivity index is 1.75. The van der Waals surface area contributed by atoms with Crippen molar-refractivity contribution in [2.45, 2.75) is 0 Å². The fourth-order valence-electron chi connectivity index (χ4n) is 2.62. The fraction of sp³-hybridized carbons (Fsp3) is 0. The Bertz CT molecular complexity index is 872. The van der Waals surface area contributed by atoms with Crippen molar-refractivity contribution in [2.24, 2.45) is 0 Å². The Morgan fingerprint density at radius 3 is 2.21 bits per heavy atom. The minimum Gasteiger partial charge on any atom is -0.256 e. The molecule has 4 nitrogen and oxygen atoms in total. The molecule has 4 aromatic rings. The molecule has 0 bridgehead atoms. The van der Waals surface area contributed by atoms with Gasteiger partial charge in [-0.25, -0.2) is 4.98 Å². The summed E-state index contributed by atoms with van der Waals surface area (Å²) in [5.41, 5.74) is 6.01. The SMILES string of the molecule is c1ccc(-c2ccnc(-c3cccc(-c4cncnn4)c3)c2)cc1. The van der Waals surface area contributed by atoms with Gasteiger partial charge in [-0.05, 0) is 29.3 Å². The molecule has 0 radical (unpaired) electrons. The van der Waals surface area contributed by atoms with Crippen LogP contribution >= 0.6 is 0 Å². The highest BCUT2D eigenvalue weighted by Gasteiger charge is 2.06. The molecule has 24 heavy (non-hydrogen) atoms. The number of pyridine rings is 1. The van der Waals surface area contributed by atoms with Gasteiger partial charge in [0.2, 0.25) is 0 Å². The third kappa shape index (κ3) is 2.90. The van der Waals surface area contributed by atoms with Crippen LogP contribution in [0.4, 0.5) is 0 Å². The van der Waals surface area contributed by atoms with Crippen LogP contribution in [0, 0.1) is 0 Å². The highest BCUT2D eigenvalue weighted by molar-refractivity contribution is 5.73. The molecule has 0 atom stereocenters. The lowest BCUT2D eigenvalue weighted by molar-refractivity contribution is 0.976. The Morgan fingerprint density at radius 1 is 0.625 bits per heavy atom. The molecule has 0 saturated heterocycles. The van der Waals surface area contributed by atoms with Crippen LogP contribution in [0.3, 0.4) is 0 Å². The van der Waals surface area contributed by atoms with E-state index in [9.17, 15) is 0 Å². The molecule has 2 heterocycles. The second-order valence-electron chi connectivity index (χ2n) is 5.37. The monoisotopic (exact) mass is 310 g/mol. The van der Waals surface area contributed by atoms with E-state index in [0.717, 1.165) is 28.1 Å². The predicted octanol–water partition coefficient (Wildman–Crippen LogP) is 4.27. The molecule has 0 amide bonds. The molecule has 0 aliphatic rings. The van der Waals surface area contributed by atoms with Crippen molar-refractivity contribution in [3.8, 4) is 33.6 Å². The molecule has 4 rings (SSSR count). The van der Waals surface area contributed by atoms with Crippen molar-refractivity contribution in [3.63, 3.8) is 0 Å². The molecule has 0 spiro atoms. The van der Waals surface area contributed by atoms with E-state index in [-0.39, 0.29) is 0 Å². The van der Waals surface area contributed by atoms with Gasteiger partial charge in [-0.1, -0.05) is 48.5 Å². The molecular formula is C20H14N4. The molecule has 0 N–H and O–H groups in total. The third-order valence-corrected chi connectivity index (χ3v) is 3.80. The maximum Gasteiger partial charge on any atom is 0.138 e. The van der Waals surface area contributed by atoms with Gasteiger partial charge in [-0.2, -0.15) is 0 Å². The first-order chi connectivity index (χ1) is 11.9. The van der Waals surface area contributed by atoms with Crippen LogP contribution in [0.1, 0.15) is 0 Å². The molecule has 0 unspecified atom stereocenters. The number of hydrogen-bond acceptors (Lipinski definition) is 4. The van der Waals surface area contributed by atoms with Gasteiger partial charge in [0, 0.05) is 17.3 Å². The van der Waals surface area contributed by atoms with Crippen LogP contribution in [0.2, 0.25) is 0 Å². The normalized spacial score (nSPS) is 10.5. The van der Waals surface area contributed by atoms with Gasteiger partial charge in [-0.15, -0.1) is 10.2 Å². The van der Waals surface area contributed by atoms with Crippen molar-refractivity contribution in [2.75, 3.05) is 0 Å². The van der Waals surface area contributed by atoms with Gasteiger partial charge < -0.3 is 0 Å². The number of rotatable bonds is 3. The first kappa shape index (κ1) is 14.2. The first-order valence-electron chi connectivity index (χ1n) is 7.65. The van der Waals surface area contributed by atoms with Crippen LogP contribution in [-0.4, -0.2) is 20.2 Å². The van der Waals surface area contributed by atoms with Crippen LogP contribution < -0.4 is 0 Å². The van der Waals surface area contributed by atoms with Crippen molar-refractivity contribution in [3.05, 3.63) is 85.5 Å². The Morgan fingerprint density at radius 2 is 1.42 bits per heavy atom. The Labute approximate surface area is 139 Å². The summed E-state index contributed by atoms with van der Waals surface area (Å²) < 4.78 is 0. The standard InChI is InChI=1S/C20H14N4/c1-2-5-15(6-3-1)16-9-10-22-19(12-16)17-7-4-8-18(11-17)20-13-21-14-23-24-20/h1-14H. The average molecular weight is 310 g/mol. The van der Waals surface area contributed by atoms with Gasteiger partial charge in [0.15, 0.2) is 0 Å². The molecule has 0 aliphatic heterocycles. The van der Waals surface area contributed by atoms with Crippen LogP contribution in [0.25, 0.3) is 33.6 Å². The van der Waals surface area contributed by atoms with E-state index in [0.29, 0.717) is 0 Å². The van der Waals surface area contributed by atoms with Crippen molar-refractivity contribution < 1.29 is 0 Å². The van der Waals surface area contributed by atoms with E-state index in [2.05, 4.69) is 44.4 Å². The number of nitrogens with zero attached hydrogens (tertiary/aromatic N) is 4. The minimum absolute atomic E-state index is 0.749. The number of hydrogen-bond donors (Lipinski definition) is 0. The highest BCUT2D eigenvalue weighted by Crippen LogP contribution is 2.27. The maximum atomic E-state index is 4.52. The number of benzene rings is 2. The third-order valence-electron chi connectivity index (χ3n) is 3.80. The van der Waals surface area contributed by atoms with Gasteiger partial charge in [-0.3, -0.25) is 4.98 Å². The van der Waals surface area contributed by atoms with E-state index < -0.39 is 0 Å². The van der Waals surface area contributed by atoms with Crippen LogP contribution in [-0.2, 0) is 0 Å². The molecule has 114 valence electrons. The van der Waals surface area contributed by atoms with Gasteiger partial charge in [0.1, 0.15) is 12.0 Å². The lowest BCUT2D eigenvalue weighted by Crippen LogP contribution is -1.90. The Kier molecular flexibility index (Phi) is 3.78. The van der Waals surface area contributed by atoms with E-state index in [4.69, 9.17) is 0 Å². The summed E-state index contributed by atoms with van der Waals surface area (Å²) in [4.78, 5) is 8.55. The first-order valence-corrected chi connectivity index (χ1v) is 7.65. The van der Waals surface area contributed by atoms with E-state index in [1.165, 1.54) is 11.9 Å². The number of aromatic nitrogens is 4. The smallest absolute Gasteiger partial charge is 0.138 e. The second kappa shape index (κ2) is 6.38. The molecule has 0 saturated carbocycles. The quantitative estimate of drug-likeness (QED) is 0.567. The van der Waals surface area contributed by atoms with Gasteiger partial charge >= 0.3 is 0 Å². The lowest BCUT2D eigenvalue weighted by atomic mass is 10.0. The van der Waals surface area contributed by atoms with E-state index in [1.807, 2.05) is 48.7 Å². The largest absolute Gasteiger partial charge is 0.256 e. The van der Waals surface area contributed by atoms with Gasteiger partial charge in [0.05, 0.1) is 11.9 Å². The molecule has 0 aliphatic carbocycles. The summed E-state index contributed by atoms with van der Waals surface area (Å²) in [7, 11) is 0. The summed E-state index contributed by atoms with van der Waals surface area (Å²) in [6.07, 6.45) is 4.98. The molecule has 2 aromatic heterocycles. The molecule has 2 aromatic carbocycles. The lowest BCUT2D eigenvalue weighted by Gasteiger charge is -2.07. The van der Waals surface area contributed by atoms with Crippen molar-refractivity contribution in [1.82, 2.24) is 20.2 Å². The fourth-order valence-corrected chi connectivity index (χ4v) is 2.62. The average Bonchev–Trinajstić information content (AvgIpc) is 2.70. The van der Waals surface area contributed by atoms with Crippen molar-refractivity contribution >= 4 is 0 Å². The van der Waals surface area contributed by atoms with Gasteiger partial charge in [0.25, 0.3) is 0 Å². The summed E-state index contributed by atoms with van der Waals surface area (Å²) in [6.45, 7) is 0. The molecule has 0 fully saturated rings. The summed E-state index contributed by atoms with van der Waals surface area (Å²) in [5.74, 6) is 0. The summed E-state index contributed by atoms with van der Waals surface area (Å²) >= 11 is 0.